The second-order valence-corrected chi connectivity index (χ2v) is 9.04. The molecular formula is C20H33N3O2. The molecule has 0 unspecified atom stereocenters. The van der Waals surface area contributed by atoms with Gasteiger partial charge in [0, 0.05) is 30.6 Å². The number of nitrogens with zero attached hydrogens (tertiary/aromatic N) is 2. The Morgan fingerprint density at radius 2 is 2.00 bits per heavy atom. The molecule has 2 heterocycles. The van der Waals surface area contributed by atoms with E-state index in [1.165, 1.54) is 0 Å². The maximum absolute atomic E-state index is 13.1. The van der Waals surface area contributed by atoms with Gasteiger partial charge in [-0.2, -0.15) is 0 Å². The molecular weight excluding hydrogens is 314 g/mol. The fourth-order valence-electron chi connectivity index (χ4n) is 3.84. The molecule has 0 aliphatic carbocycles. The van der Waals surface area contributed by atoms with Crippen LogP contribution >= 0.6 is 0 Å². The highest BCUT2D eigenvalue weighted by atomic mass is 16.6. The second-order valence-electron chi connectivity index (χ2n) is 9.04. The van der Waals surface area contributed by atoms with Crippen molar-refractivity contribution in [3.05, 3.63) is 24.3 Å². The van der Waals surface area contributed by atoms with Gasteiger partial charge in [-0.05, 0) is 45.4 Å². The average Bonchev–Trinajstić information content (AvgIpc) is 2.87. The van der Waals surface area contributed by atoms with E-state index in [0.717, 1.165) is 12.1 Å². The van der Waals surface area contributed by atoms with E-state index in [-0.39, 0.29) is 17.9 Å². The number of rotatable bonds is 5. The lowest BCUT2D eigenvalue weighted by Crippen LogP contribution is -2.54. The minimum Gasteiger partial charge on any atom is -0.459 e. The number of esters is 1. The smallest absolute Gasteiger partial charge is 0.326 e. The summed E-state index contributed by atoms with van der Waals surface area (Å²) in [6, 6.07) is 0.169. The fraction of sp³-hybridized carbons (Fsp3) is 0.750. The standard InChI is InChI=1S/C20H33N3O2/c1-13(2)10-20(18(24)25-19(5,6)7)11-15(17(23-20)14(3)4)16-12-21-8-9-22-16/h8-9,12-15,17,23H,10-11H2,1-7H3/t15-,17+,20+/m1/s1. The summed E-state index contributed by atoms with van der Waals surface area (Å²) in [5.41, 5.74) is -0.220. The van der Waals surface area contributed by atoms with E-state index >= 15 is 0 Å². The molecule has 2 rings (SSSR count). The van der Waals surface area contributed by atoms with E-state index < -0.39 is 11.1 Å². The molecule has 1 saturated heterocycles. The number of aromatic nitrogens is 2. The van der Waals surface area contributed by atoms with E-state index in [4.69, 9.17) is 4.74 Å². The number of carbonyl (C=O) groups excluding carboxylic acids is 1. The lowest BCUT2D eigenvalue weighted by Gasteiger charge is -2.33. The van der Waals surface area contributed by atoms with Gasteiger partial charge in [0.25, 0.3) is 0 Å². The molecule has 5 nitrogen and oxygen atoms in total. The maximum atomic E-state index is 13.1. The molecule has 1 N–H and O–H groups in total. The first-order valence-corrected chi connectivity index (χ1v) is 9.31. The number of hydrogen-bond acceptors (Lipinski definition) is 5. The zero-order valence-electron chi connectivity index (χ0n) is 16.7. The first kappa shape index (κ1) is 19.8. The SMILES string of the molecule is CC(C)C[C@@]1(C(=O)OC(C)(C)C)C[C@H](c2cnccn2)[C@H](C(C)C)N1. The number of nitrogens with one attached hydrogen (secondary N) is 1. The topological polar surface area (TPSA) is 64.1 Å². The minimum atomic E-state index is -0.668. The predicted molar refractivity (Wildman–Crippen MR) is 99.2 cm³/mol. The molecule has 140 valence electrons. The summed E-state index contributed by atoms with van der Waals surface area (Å²) in [6.07, 6.45) is 6.68. The Morgan fingerprint density at radius 1 is 1.32 bits per heavy atom. The molecule has 0 bridgehead atoms. The van der Waals surface area contributed by atoms with Crippen molar-refractivity contribution in [2.24, 2.45) is 11.8 Å². The van der Waals surface area contributed by atoms with E-state index in [0.29, 0.717) is 18.3 Å². The third-order valence-electron chi connectivity index (χ3n) is 4.67. The molecule has 0 saturated carbocycles. The normalized spacial score (nSPS) is 27.1. The summed E-state index contributed by atoms with van der Waals surface area (Å²) in [7, 11) is 0. The summed E-state index contributed by atoms with van der Waals surface area (Å²) >= 11 is 0. The summed E-state index contributed by atoms with van der Waals surface area (Å²) in [6.45, 7) is 14.4. The van der Waals surface area contributed by atoms with Crippen LogP contribution in [0.15, 0.2) is 18.6 Å². The van der Waals surface area contributed by atoms with Gasteiger partial charge in [-0.25, -0.2) is 0 Å². The van der Waals surface area contributed by atoms with Gasteiger partial charge >= 0.3 is 5.97 Å². The van der Waals surface area contributed by atoms with Gasteiger partial charge in [-0.1, -0.05) is 27.7 Å². The van der Waals surface area contributed by atoms with Crippen LogP contribution in [-0.2, 0) is 9.53 Å². The first-order chi connectivity index (χ1) is 11.5. The van der Waals surface area contributed by atoms with Crippen LogP contribution in [0.2, 0.25) is 0 Å². The molecule has 5 heteroatoms. The van der Waals surface area contributed by atoms with Gasteiger partial charge in [0.1, 0.15) is 11.1 Å². The molecule has 1 aliphatic heterocycles. The van der Waals surface area contributed by atoms with Crippen LogP contribution in [0.5, 0.6) is 0 Å². The number of carbonyl (C=O) groups is 1. The minimum absolute atomic E-state index is 0.147. The van der Waals surface area contributed by atoms with Crippen molar-refractivity contribution >= 4 is 5.97 Å². The molecule has 1 aromatic rings. The van der Waals surface area contributed by atoms with Crippen molar-refractivity contribution < 1.29 is 9.53 Å². The highest BCUT2D eigenvalue weighted by molar-refractivity contribution is 5.82. The molecule has 1 aromatic heterocycles. The predicted octanol–water partition coefficient (Wildman–Crippen LogP) is 3.70. The van der Waals surface area contributed by atoms with Crippen molar-refractivity contribution in [1.29, 1.82) is 0 Å². The quantitative estimate of drug-likeness (QED) is 0.823. The Morgan fingerprint density at radius 3 is 2.48 bits per heavy atom. The molecule has 0 spiro atoms. The largest absolute Gasteiger partial charge is 0.459 e. The van der Waals surface area contributed by atoms with Gasteiger partial charge in [-0.15, -0.1) is 0 Å². The van der Waals surface area contributed by atoms with Gasteiger partial charge in [0.05, 0.1) is 5.69 Å². The molecule has 3 atom stereocenters. The summed E-state index contributed by atoms with van der Waals surface area (Å²) in [5.74, 6) is 0.766. The Balaban J connectivity index is 2.38. The van der Waals surface area contributed by atoms with E-state index in [1.807, 2.05) is 27.0 Å². The van der Waals surface area contributed by atoms with Crippen LogP contribution in [0.1, 0.15) is 72.9 Å². The van der Waals surface area contributed by atoms with E-state index in [2.05, 4.69) is 43.0 Å². The van der Waals surface area contributed by atoms with Crippen molar-refractivity contribution in [2.45, 2.75) is 84.4 Å². The van der Waals surface area contributed by atoms with Gasteiger partial charge in [0.2, 0.25) is 0 Å². The Hall–Kier alpha value is -1.49. The monoisotopic (exact) mass is 347 g/mol. The zero-order chi connectivity index (χ0) is 18.8. The molecule has 0 aromatic carbocycles. The van der Waals surface area contributed by atoms with Crippen LogP contribution in [0.25, 0.3) is 0 Å². The van der Waals surface area contributed by atoms with E-state index in [1.54, 1.807) is 12.4 Å². The van der Waals surface area contributed by atoms with Gasteiger partial charge < -0.3 is 4.74 Å². The number of ether oxygens (including phenoxy) is 1. The third kappa shape index (κ3) is 4.78. The van der Waals surface area contributed by atoms with Crippen molar-refractivity contribution in [2.75, 3.05) is 0 Å². The Bertz CT molecular complexity index is 580. The summed E-state index contributed by atoms with van der Waals surface area (Å²) in [5, 5.41) is 3.66. The van der Waals surface area contributed by atoms with Crippen LogP contribution < -0.4 is 5.32 Å². The van der Waals surface area contributed by atoms with Crippen molar-refractivity contribution in [3.63, 3.8) is 0 Å². The van der Waals surface area contributed by atoms with Crippen molar-refractivity contribution in [3.8, 4) is 0 Å². The average molecular weight is 348 g/mol. The Kier molecular flexibility index (Phi) is 5.87. The van der Waals surface area contributed by atoms with E-state index in [9.17, 15) is 4.79 Å². The lowest BCUT2D eigenvalue weighted by atomic mass is 9.82. The zero-order valence-corrected chi connectivity index (χ0v) is 16.7. The number of hydrogen-bond donors (Lipinski definition) is 1. The highest BCUT2D eigenvalue weighted by Gasteiger charge is 2.53. The van der Waals surface area contributed by atoms with Crippen LogP contribution in [0, 0.1) is 11.8 Å². The van der Waals surface area contributed by atoms with Gasteiger partial charge in [0.15, 0.2) is 0 Å². The first-order valence-electron chi connectivity index (χ1n) is 9.31. The third-order valence-corrected chi connectivity index (χ3v) is 4.67. The van der Waals surface area contributed by atoms with Crippen molar-refractivity contribution in [1.82, 2.24) is 15.3 Å². The molecule has 25 heavy (non-hydrogen) atoms. The maximum Gasteiger partial charge on any atom is 0.326 e. The molecule has 1 fully saturated rings. The van der Waals surface area contributed by atoms with Gasteiger partial charge in [-0.3, -0.25) is 20.1 Å². The van der Waals surface area contributed by atoms with Crippen LogP contribution in [0.4, 0.5) is 0 Å². The second kappa shape index (κ2) is 7.40. The lowest BCUT2D eigenvalue weighted by molar-refractivity contribution is -0.163. The summed E-state index contributed by atoms with van der Waals surface area (Å²) in [4.78, 5) is 21.9. The Labute approximate surface area is 152 Å². The molecule has 0 amide bonds. The molecule has 1 aliphatic rings. The highest BCUT2D eigenvalue weighted by Crippen LogP contribution is 2.42. The fourth-order valence-corrected chi connectivity index (χ4v) is 3.84. The molecule has 0 radical (unpaired) electrons. The van der Waals surface area contributed by atoms with Crippen LogP contribution in [-0.4, -0.2) is 33.1 Å². The van der Waals surface area contributed by atoms with Crippen LogP contribution in [0.3, 0.4) is 0 Å². The summed E-state index contributed by atoms with van der Waals surface area (Å²) < 4.78 is 5.80.